The molecule has 5 rings (SSSR count). The van der Waals surface area contributed by atoms with Crippen LogP contribution in [0.5, 0.6) is 0 Å². The predicted octanol–water partition coefficient (Wildman–Crippen LogP) is 0.901. The molecule has 0 spiro atoms. The quantitative estimate of drug-likeness (QED) is 0.763. The smallest absolute Gasteiger partial charge is 0.263 e. The zero-order chi connectivity index (χ0) is 18.4. The summed E-state index contributed by atoms with van der Waals surface area (Å²) in [6.45, 7) is 4.69. The number of fused-ring (bicyclic) bond motifs is 1. The van der Waals surface area contributed by atoms with E-state index in [1.165, 1.54) is 17.7 Å². The molecule has 1 aromatic rings. The minimum Gasteiger partial charge on any atom is -0.371 e. The van der Waals surface area contributed by atoms with Crippen LogP contribution in [-0.4, -0.2) is 55.7 Å². The van der Waals surface area contributed by atoms with Crippen molar-refractivity contribution >= 4 is 17.5 Å². The topological polar surface area (TPSA) is 83.1 Å². The van der Waals surface area contributed by atoms with Crippen LogP contribution in [0.25, 0.3) is 0 Å². The first-order valence-electron chi connectivity index (χ1n) is 9.72. The van der Waals surface area contributed by atoms with E-state index < -0.39 is 6.23 Å². The van der Waals surface area contributed by atoms with Crippen LogP contribution in [0.3, 0.4) is 0 Å². The normalized spacial score (nSPS) is 27.0. The van der Waals surface area contributed by atoms with Gasteiger partial charge in [-0.3, -0.25) is 19.3 Å². The molecule has 0 bridgehead atoms. The van der Waals surface area contributed by atoms with Crippen LogP contribution in [0.2, 0.25) is 0 Å². The van der Waals surface area contributed by atoms with Gasteiger partial charge in [0.15, 0.2) is 6.23 Å². The van der Waals surface area contributed by atoms with E-state index in [-0.39, 0.29) is 11.8 Å². The highest BCUT2D eigenvalue weighted by Gasteiger charge is 2.42. The Labute approximate surface area is 157 Å². The van der Waals surface area contributed by atoms with Crippen molar-refractivity contribution in [2.75, 3.05) is 37.7 Å². The van der Waals surface area contributed by atoms with Gasteiger partial charge < -0.3 is 10.2 Å². The summed E-state index contributed by atoms with van der Waals surface area (Å²) in [5, 5.41) is 3.36. The summed E-state index contributed by atoms with van der Waals surface area (Å²) in [6, 6.07) is 5.61. The van der Waals surface area contributed by atoms with Gasteiger partial charge in [-0.15, -0.1) is 0 Å². The Bertz CT molecular complexity index is 752. The van der Waals surface area contributed by atoms with Crippen molar-refractivity contribution in [2.24, 2.45) is 11.8 Å². The second-order valence-corrected chi connectivity index (χ2v) is 7.75. The van der Waals surface area contributed by atoms with Crippen LogP contribution in [0, 0.1) is 11.8 Å². The number of piperidine rings is 1. The molecule has 4 aliphatic heterocycles. The molecule has 0 radical (unpaired) electrons. The zero-order valence-electron chi connectivity index (χ0n) is 15.1. The standard InChI is InChI=1S/C19H24N4O4/c24-18-15-2-1-14(22-6-3-12(4-7-22)13-10-20-11-13)9-16(15)19(25)23(18)17-5-8-26-21-27-17/h1-2,9,12-13,17,20-21H,3-8,10-11H2. The summed E-state index contributed by atoms with van der Waals surface area (Å²) in [6.07, 6.45) is 2.18. The lowest BCUT2D eigenvalue weighted by atomic mass is 9.81. The van der Waals surface area contributed by atoms with Gasteiger partial charge >= 0.3 is 0 Å². The highest BCUT2D eigenvalue weighted by Crippen LogP contribution is 2.33. The third-order valence-corrected chi connectivity index (χ3v) is 6.28. The Balaban J connectivity index is 1.32. The fraction of sp³-hybridized carbons (Fsp3) is 0.579. The van der Waals surface area contributed by atoms with E-state index in [1.54, 1.807) is 6.07 Å². The van der Waals surface area contributed by atoms with Crippen LogP contribution in [0.1, 0.15) is 40.0 Å². The molecule has 4 heterocycles. The van der Waals surface area contributed by atoms with Crippen molar-refractivity contribution in [2.45, 2.75) is 25.5 Å². The first-order valence-corrected chi connectivity index (χ1v) is 9.72. The fourth-order valence-corrected chi connectivity index (χ4v) is 4.51. The van der Waals surface area contributed by atoms with Crippen LogP contribution >= 0.6 is 0 Å². The monoisotopic (exact) mass is 372 g/mol. The van der Waals surface area contributed by atoms with Gasteiger partial charge in [0.2, 0.25) is 0 Å². The van der Waals surface area contributed by atoms with E-state index >= 15 is 0 Å². The van der Waals surface area contributed by atoms with Crippen molar-refractivity contribution in [3.8, 4) is 0 Å². The number of nitrogens with one attached hydrogen (secondary N) is 2. The first-order chi connectivity index (χ1) is 13.2. The van der Waals surface area contributed by atoms with Gasteiger partial charge in [0.25, 0.3) is 11.8 Å². The van der Waals surface area contributed by atoms with E-state index in [9.17, 15) is 9.59 Å². The van der Waals surface area contributed by atoms with Crippen LogP contribution in [-0.2, 0) is 9.68 Å². The van der Waals surface area contributed by atoms with Crippen LogP contribution in [0.4, 0.5) is 5.69 Å². The van der Waals surface area contributed by atoms with Gasteiger partial charge in [-0.2, -0.15) is 0 Å². The summed E-state index contributed by atoms with van der Waals surface area (Å²) in [5.41, 5.74) is 4.25. The zero-order valence-corrected chi connectivity index (χ0v) is 15.1. The number of carbonyl (C=O) groups is 2. The number of rotatable bonds is 3. The molecule has 3 fully saturated rings. The van der Waals surface area contributed by atoms with Crippen molar-refractivity contribution in [1.29, 1.82) is 0 Å². The second-order valence-electron chi connectivity index (χ2n) is 7.75. The van der Waals surface area contributed by atoms with E-state index in [0.29, 0.717) is 24.2 Å². The lowest BCUT2D eigenvalue weighted by molar-refractivity contribution is -0.259. The number of imide groups is 1. The van der Waals surface area contributed by atoms with Gasteiger partial charge in [-0.25, -0.2) is 4.90 Å². The average Bonchev–Trinajstić information content (AvgIpc) is 2.92. The summed E-state index contributed by atoms with van der Waals surface area (Å²) in [4.78, 5) is 39.2. The second kappa shape index (κ2) is 6.87. The lowest BCUT2D eigenvalue weighted by Crippen LogP contribution is -2.49. The Hall–Kier alpha value is -2.00. The molecule has 144 valence electrons. The van der Waals surface area contributed by atoms with E-state index in [1.807, 2.05) is 12.1 Å². The molecule has 0 aliphatic carbocycles. The maximum atomic E-state index is 12.9. The average molecular weight is 372 g/mol. The molecule has 1 atom stereocenters. The highest BCUT2D eigenvalue weighted by molar-refractivity contribution is 6.21. The molecular formula is C19H24N4O4. The number of amides is 2. The van der Waals surface area contributed by atoms with Crippen LogP contribution in [0.15, 0.2) is 18.2 Å². The molecule has 8 nitrogen and oxygen atoms in total. The summed E-state index contributed by atoms with van der Waals surface area (Å²) in [7, 11) is 0. The SMILES string of the molecule is O=C1c2ccc(N3CCC(C4CNC4)CC3)cc2C(=O)N1C1CCONO1. The summed E-state index contributed by atoms with van der Waals surface area (Å²) < 4.78 is 0. The van der Waals surface area contributed by atoms with Gasteiger partial charge in [0.05, 0.1) is 17.7 Å². The molecule has 1 unspecified atom stereocenters. The third-order valence-electron chi connectivity index (χ3n) is 6.28. The van der Waals surface area contributed by atoms with Gasteiger partial charge in [-0.1, -0.05) is 5.64 Å². The minimum atomic E-state index is -0.638. The number of carbonyl (C=O) groups excluding carboxylic acids is 2. The molecule has 4 aliphatic rings. The first kappa shape index (κ1) is 17.1. The lowest BCUT2D eigenvalue weighted by Gasteiger charge is -2.41. The molecule has 1 aromatic carbocycles. The maximum absolute atomic E-state index is 12.9. The molecule has 0 aromatic heterocycles. The number of hydrogen-bond acceptors (Lipinski definition) is 7. The molecule has 2 amide bonds. The number of benzene rings is 1. The van der Waals surface area contributed by atoms with Crippen LogP contribution < -0.4 is 15.9 Å². The Morgan fingerprint density at radius 1 is 0.963 bits per heavy atom. The van der Waals surface area contributed by atoms with Crippen molar-refractivity contribution in [3.63, 3.8) is 0 Å². The number of nitrogens with zero attached hydrogens (tertiary/aromatic N) is 2. The Kier molecular flexibility index (Phi) is 4.35. The third kappa shape index (κ3) is 2.93. The molecule has 0 saturated carbocycles. The Morgan fingerprint density at radius 3 is 2.41 bits per heavy atom. The largest absolute Gasteiger partial charge is 0.371 e. The van der Waals surface area contributed by atoms with E-state index in [4.69, 9.17) is 9.68 Å². The molecular weight excluding hydrogens is 348 g/mol. The van der Waals surface area contributed by atoms with Crippen molar-refractivity contribution in [1.82, 2.24) is 15.9 Å². The Morgan fingerprint density at radius 2 is 1.74 bits per heavy atom. The highest BCUT2D eigenvalue weighted by atomic mass is 16.9. The fourth-order valence-electron chi connectivity index (χ4n) is 4.51. The van der Waals surface area contributed by atoms with Crippen molar-refractivity contribution in [3.05, 3.63) is 29.3 Å². The number of anilines is 1. The van der Waals surface area contributed by atoms with Gasteiger partial charge in [0.1, 0.15) is 0 Å². The van der Waals surface area contributed by atoms with E-state index in [2.05, 4.69) is 15.9 Å². The molecule has 2 N–H and O–H groups in total. The molecule has 3 saturated heterocycles. The predicted molar refractivity (Wildman–Crippen MR) is 96.8 cm³/mol. The maximum Gasteiger partial charge on any atom is 0.263 e. The summed E-state index contributed by atoms with van der Waals surface area (Å²) >= 11 is 0. The summed E-state index contributed by atoms with van der Waals surface area (Å²) in [5.74, 6) is 1.04. The molecule has 27 heavy (non-hydrogen) atoms. The van der Waals surface area contributed by atoms with Gasteiger partial charge in [0, 0.05) is 25.2 Å². The van der Waals surface area contributed by atoms with Crippen molar-refractivity contribution < 1.29 is 19.3 Å². The van der Waals surface area contributed by atoms with Gasteiger partial charge in [-0.05, 0) is 56.0 Å². The minimum absolute atomic E-state index is 0.291. The molecule has 8 heteroatoms. The van der Waals surface area contributed by atoms with E-state index in [0.717, 1.165) is 43.7 Å². The number of hydrogen-bond donors (Lipinski definition) is 2.